The van der Waals surface area contributed by atoms with E-state index in [2.05, 4.69) is 32.1 Å². The Kier molecular flexibility index (Phi) is 34.6. The van der Waals surface area contributed by atoms with Gasteiger partial charge in [-0.15, -0.1) is 11.3 Å². The number of benzene rings is 4. The molecule has 9 rings (SSSR count). The number of piperazine rings is 1. The summed E-state index contributed by atoms with van der Waals surface area (Å²) in [4.78, 5) is 75.5. The number of aliphatic hydroxyl groups excluding tert-OH is 1. The molecule has 108 heavy (non-hydrogen) atoms. The number of aliphatic hydroxyl groups is 1. The van der Waals surface area contributed by atoms with E-state index in [1.165, 1.54) is 17.0 Å². The summed E-state index contributed by atoms with van der Waals surface area (Å²) in [6.07, 6.45) is 1.94. The average Bonchev–Trinajstić information content (AvgIpc) is 0.829. The van der Waals surface area contributed by atoms with Crippen LogP contribution in [0.1, 0.15) is 71.2 Å². The lowest BCUT2D eigenvalue weighted by Gasteiger charge is -2.35. The number of anilines is 1. The van der Waals surface area contributed by atoms with Crippen LogP contribution < -0.4 is 20.3 Å². The number of thiazole rings is 1. The molecule has 3 saturated heterocycles. The number of aryl methyl sites for hydroxylation is 1. The van der Waals surface area contributed by atoms with Gasteiger partial charge in [0.2, 0.25) is 23.6 Å². The first kappa shape index (κ1) is 84.8. The fourth-order valence-electron chi connectivity index (χ4n) is 12.9. The first-order valence-corrected chi connectivity index (χ1v) is 38.5. The molecule has 4 amide bonds. The molecule has 2 aromatic heterocycles. The van der Waals surface area contributed by atoms with Gasteiger partial charge in [0.25, 0.3) is 0 Å². The first-order chi connectivity index (χ1) is 52.3. The van der Waals surface area contributed by atoms with Crippen molar-refractivity contribution in [2.75, 3.05) is 196 Å². The number of ether oxygens (including phenoxy) is 12. The minimum absolute atomic E-state index is 0.0226. The Labute approximate surface area is 640 Å². The van der Waals surface area contributed by atoms with Gasteiger partial charge in [0, 0.05) is 69.7 Å². The maximum atomic E-state index is 17.1. The van der Waals surface area contributed by atoms with E-state index in [9.17, 15) is 29.4 Å². The number of likely N-dealkylation sites (tertiary alicyclic amines) is 2. The predicted octanol–water partition coefficient (Wildman–Crippen LogP) is 8.00. The second-order valence-corrected chi connectivity index (χ2v) is 29.0. The Balaban J connectivity index is 0.516. The third-order valence-corrected chi connectivity index (χ3v) is 19.9. The molecule has 0 aliphatic carbocycles. The van der Waals surface area contributed by atoms with Crippen LogP contribution in [0.5, 0.6) is 11.8 Å². The fraction of sp³-hybridized carbons (Fsp3) is 0.577. The highest BCUT2D eigenvalue weighted by atomic mass is 35.5. The summed E-state index contributed by atoms with van der Waals surface area (Å²) in [5.74, 6) is -1.72. The van der Waals surface area contributed by atoms with Gasteiger partial charge in [-0.05, 0) is 90.8 Å². The van der Waals surface area contributed by atoms with E-state index in [1.54, 1.807) is 28.4 Å². The first-order valence-electron chi connectivity index (χ1n) is 37.2. The van der Waals surface area contributed by atoms with Crippen molar-refractivity contribution in [2.45, 2.75) is 97.2 Å². The van der Waals surface area contributed by atoms with Crippen molar-refractivity contribution in [1.29, 1.82) is 0 Å². The number of β-amino-alcohol motifs (C(OH)–C–C–N with tert-alkyl or cyclic N) is 1. The normalized spacial score (nSPS) is 16.8. The van der Waals surface area contributed by atoms with E-state index in [4.69, 9.17) is 73.4 Å². The molecule has 0 spiro atoms. The number of rotatable bonds is 46. The SMILES string of the molecule is C=CC(=O)N1CCN(c2nc(O[C@H](C)CN3CCC(OCCOCCOCCOCCOCCOCCOCCOCCOCCOCCOCC(=O)N[C@H](C(=O)N4C[C@H](O)C[C@H]4C(=O)N[C@@H](C)c4ccc(-c5scnc5C)cc4)C(C)(C)C)CC3)nc3c(F)c(-c4cc(O)cc5ccccc45)c(Cl)cc23)CC1. The van der Waals surface area contributed by atoms with Gasteiger partial charge in [-0.2, -0.15) is 9.97 Å². The van der Waals surface area contributed by atoms with Gasteiger partial charge in [0.15, 0.2) is 5.82 Å². The summed E-state index contributed by atoms with van der Waals surface area (Å²) in [6.45, 7) is 26.4. The molecule has 6 aromatic rings. The van der Waals surface area contributed by atoms with Crippen LogP contribution in [0, 0.1) is 18.2 Å². The number of carbonyl (C=O) groups is 4. The van der Waals surface area contributed by atoms with Crippen LogP contribution in [0.2, 0.25) is 5.02 Å². The van der Waals surface area contributed by atoms with Crippen molar-refractivity contribution in [3.05, 3.63) is 107 Å². The lowest BCUT2D eigenvalue weighted by molar-refractivity contribution is -0.144. The molecule has 0 saturated carbocycles. The van der Waals surface area contributed by atoms with E-state index >= 15 is 4.39 Å². The molecule has 592 valence electrons. The number of phenols is 1. The lowest BCUT2D eigenvalue weighted by Crippen LogP contribution is -2.58. The second kappa shape index (κ2) is 44.0. The summed E-state index contributed by atoms with van der Waals surface area (Å²) in [5.41, 5.74) is 4.56. The molecule has 4 aromatic carbocycles. The van der Waals surface area contributed by atoms with Crippen molar-refractivity contribution in [2.24, 2.45) is 5.41 Å². The molecule has 27 nitrogen and oxygen atoms in total. The molecule has 0 unspecified atom stereocenters. The number of aromatic hydroxyl groups is 1. The Hall–Kier alpha value is -7.17. The maximum absolute atomic E-state index is 17.1. The zero-order chi connectivity index (χ0) is 76.8. The monoisotopic (exact) mass is 1540 g/mol. The number of halogens is 2. The van der Waals surface area contributed by atoms with E-state index in [1.807, 2.05) is 100 Å². The van der Waals surface area contributed by atoms with Gasteiger partial charge in [-0.25, -0.2) is 9.37 Å². The quantitative estimate of drug-likeness (QED) is 0.0208. The average molecular weight is 1550 g/mol. The van der Waals surface area contributed by atoms with E-state index in [0.29, 0.717) is 168 Å². The Morgan fingerprint density at radius 3 is 1.81 bits per heavy atom. The fourth-order valence-corrected chi connectivity index (χ4v) is 14.1. The minimum atomic E-state index is -0.982. The van der Waals surface area contributed by atoms with E-state index in [0.717, 1.165) is 58.4 Å². The van der Waals surface area contributed by atoms with Gasteiger partial charge in [-0.3, -0.25) is 24.1 Å². The highest BCUT2D eigenvalue weighted by molar-refractivity contribution is 7.13. The summed E-state index contributed by atoms with van der Waals surface area (Å²) in [7, 11) is 0. The van der Waals surface area contributed by atoms with Crippen LogP contribution in [0.15, 0.2) is 84.9 Å². The molecule has 3 aliphatic heterocycles. The van der Waals surface area contributed by atoms with Crippen LogP contribution in [0.25, 0.3) is 43.2 Å². The number of amides is 4. The number of hydrogen-bond donors (Lipinski definition) is 4. The predicted molar refractivity (Wildman–Crippen MR) is 408 cm³/mol. The minimum Gasteiger partial charge on any atom is -0.508 e. The van der Waals surface area contributed by atoms with E-state index < -0.39 is 41.2 Å². The highest BCUT2D eigenvalue weighted by Gasteiger charge is 2.45. The number of fused-ring (bicyclic) bond motifs is 2. The number of piperidine rings is 1. The largest absolute Gasteiger partial charge is 0.508 e. The third-order valence-electron chi connectivity index (χ3n) is 18.6. The highest BCUT2D eigenvalue weighted by Crippen LogP contribution is 2.43. The Morgan fingerprint density at radius 2 is 1.27 bits per heavy atom. The number of aromatic nitrogens is 3. The van der Waals surface area contributed by atoms with Crippen molar-refractivity contribution in [3.63, 3.8) is 0 Å². The molecule has 0 bridgehead atoms. The molecule has 3 fully saturated rings. The number of nitrogens with zero attached hydrogens (tertiary/aromatic N) is 7. The summed E-state index contributed by atoms with van der Waals surface area (Å²) < 4.78 is 85.7. The number of hydrogen-bond acceptors (Lipinski definition) is 24. The molecule has 4 N–H and O–H groups in total. The molecular weight excluding hydrogens is 1440 g/mol. The van der Waals surface area contributed by atoms with E-state index in [-0.39, 0.29) is 90.7 Å². The van der Waals surface area contributed by atoms with Crippen LogP contribution >= 0.6 is 22.9 Å². The van der Waals surface area contributed by atoms with Crippen LogP contribution in [0.3, 0.4) is 0 Å². The topological polar surface area (TPSA) is 295 Å². The number of carbonyl (C=O) groups excluding carboxylic acids is 4. The zero-order valence-corrected chi connectivity index (χ0v) is 64.6. The lowest BCUT2D eigenvalue weighted by atomic mass is 9.85. The number of nitrogens with one attached hydrogen (secondary N) is 2. The van der Waals surface area contributed by atoms with Gasteiger partial charge in [0.1, 0.15) is 41.9 Å². The molecular formula is C78H107ClFN9O18S. The zero-order valence-electron chi connectivity index (χ0n) is 63.0. The summed E-state index contributed by atoms with van der Waals surface area (Å²) >= 11 is 8.50. The van der Waals surface area contributed by atoms with Gasteiger partial charge < -0.3 is 92.4 Å². The van der Waals surface area contributed by atoms with Gasteiger partial charge >= 0.3 is 6.01 Å². The van der Waals surface area contributed by atoms with Crippen molar-refractivity contribution < 1.29 is 90.6 Å². The Morgan fingerprint density at radius 1 is 0.713 bits per heavy atom. The third kappa shape index (κ3) is 26.0. The van der Waals surface area contributed by atoms with Crippen molar-refractivity contribution in [1.82, 2.24) is 40.3 Å². The molecule has 5 atom stereocenters. The van der Waals surface area contributed by atoms with Crippen LogP contribution in [-0.2, 0) is 71.3 Å². The maximum Gasteiger partial charge on any atom is 0.319 e. The van der Waals surface area contributed by atoms with Crippen LogP contribution in [0.4, 0.5) is 10.2 Å². The van der Waals surface area contributed by atoms with Crippen LogP contribution in [-0.4, -0.2) is 285 Å². The summed E-state index contributed by atoms with van der Waals surface area (Å²) in [6, 6.07) is 17.9. The van der Waals surface area contributed by atoms with Crippen molar-refractivity contribution in [3.8, 4) is 33.3 Å². The van der Waals surface area contributed by atoms with Crippen molar-refractivity contribution >= 4 is 74.1 Å². The Bertz CT molecular complexity index is 3810. The smallest absolute Gasteiger partial charge is 0.319 e. The van der Waals surface area contributed by atoms with Gasteiger partial charge in [-0.1, -0.05) is 87.5 Å². The molecule has 0 radical (unpaired) electrons. The standard InChI is InChI=1S/C78H107ClFN9O18S/c1-8-68(93)87-21-23-88(24-22-87)74-64-48-65(79)69(63-46-59(90)45-58-11-9-10-12-62(58)63)70(80)71(64)84-77(85-74)107-53(2)49-86-19-17-61(18-20-86)106-44-43-104-40-39-102-36-35-100-32-31-98-28-27-96-25-26-97-29-30-99-33-34-101-37-38-103-41-42-105-51-67(92)83-73(78(5,6)7)76(95)89-50-60(91)47-66(89)75(94)82-54(3)56-13-15-57(16-14-56)72-55(4)81-52-108-72/h8-16,45-46,48,52-54,60-61,66,73,90-91H,1,17-44,47,49-51H2,2-7H3,(H,82,94)(H,83,92)/t53-,54+,60-,66+,73-/m1/s1. The van der Waals surface area contributed by atoms with Gasteiger partial charge in [0.05, 0.1) is 171 Å². The molecule has 3 aliphatic rings. The summed E-state index contributed by atoms with van der Waals surface area (Å²) in [5, 5.41) is 29.1. The molecule has 30 heteroatoms. The molecule has 5 heterocycles. The second-order valence-electron chi connectivity index (χ2n) is 27.7. The number of phenolic OH excluding ortho intramolecular Hbond substituents is 1.